The van der Waals surface area contributed by atoms with E-state index in [-0.39, 0.29) is 0 Å². The lowest BCUT2D eigenvalue weighted by atomic mass is 9.98. The van der Waals surface area contributed by atoms with Gasteiger partial charge in [-0.2, -0.15) is 0 Å². The number of methoxy groups -OCH3 is 1. The van der Waals surface area contributed by atoms with E-state index in [0.29, 0.717) is 0 Å². The van der Waals surface area contributed by atoms with Gasteiger partial charge in [-0.1, -0.05) is 31.9 Å². The minimum Gasteiger partial charge on any atom is -0.497 e. The van der Waals surface area contributed by atoms with E-state index in [1.807, 2.05) is 6.07 Å². The molecule has 1 saturated carbocycles. The summed E-state index contributed by atoms with van der Waals surface area (Å²) in [5.74, 6) is 1.76. The lowest BCUT2D eigenvalue weighted by molar-refractivity contribution is 0.413. The molecule has 2 unspecified atom stereocenters. The van der Waals surface area contributed by atoms with E-state index in [9.17, 15) is 0 Å². The summed E-state index contributed by atoms with van der Waals surface area (Å²) in [5, 5.41) is 0. The van der Waals surface area contributed by atoms with Gasteiger partial charge in [0.05, 0.1) is 7.11 Å². The topological polar surface area (TPSA) is 9.23 Å². The Hall–Kier alpha value is -0.0200. The van der Waals surface area contributed by atoms with Crippen LogP contribution >= 0.6 is 31.9 Å². The third-order valence-corrected chi connectivity index (χ3v) is 4.84. The minimum absolute atomic E-state index is 0.724. The Morgan fingerprint density at radius 3 is 2.81 bits per heavy atom. The van der Waals surface area contributed by atoms with Crippen molar-refractivity contribution in [1.82, 2.24) is 0 Å². The molecular formula is C13H16Br2O. The molecule has 1 aliphatic rings. The van der Waals surface area contributed by atoms with Crippen molar-refractivity contribution in [2.45, 2.75) is 30.5 Å². The first-order chi connectivity index (χ1) is 7.69. The lowest BCUT2D eigenvalue weighted by Crippen LogP contribution is -2.01. The molecule has 0 aliphatic heterocycles. The highest BCUT2D eigenvalue weighted by Crippen LogP contribution is 2.35. The fourth-order valence-corrected chi connectivity index (χ4v) is 3.55. The van der Waals surface area contributed by atoms with Crippen molar-refractivity contribution in [2.75, 3.05) is 7.11 Å². The Morgan fingerprint density at radius 2 is 2.19 bits per heavy atom. The summed E-state index contributed by atoms with van der Waals surface area (Å²) in [5.41, 5.74) is 1.37. The summed E-state index contributed by atoms with van der Waals surface area (Å²) in [6.45, 7) is 0. The monoisotopic (exact) mass is 346 g/mol. The Morgan fingerprint density at radius 1 is 1.38 bits per heavy atom. The van der Waals surface area contributed by atoms with Crippen LogP contribution in [-0.4, -0.2) is 11.9 Å². The van der Waals surface area contributed by atoms with Crippen LogP contribution < -0.4 is 4.74 Å². The van der Waals surface area contributed by atoms with Crippen LogP contribution in [-0.2, 0) is 6.42 Å². The van der Waals surface area contributed by atoms with Crippen molar-refractivity contribution >= 4 is 31.9 Å². The average molecular weight is 348 g/mol. The molecule has 2 atom stereocenters. The lowest BCUT2D eigenvalue weighted by Gasteiger charge is -2.12. The summed E-state index contributed by atoms with van der Waals surface area (Å²) < 4.78 is 6.47. The summed E-state index contributed by atoms with van der Waals surface area (Å²) in [6.07, 6.45) is 5.09. The maximum absolute atomic E-state index is 5.27. The van der Waals surface area contributed by atoms with Crippen molar-refractivity contribution in [3.63, 3.8) is 0 Å². The molecule has 16 heavy (non-hydrogen) atoms. The van der Waals surface area contributed by atoms with Crippen molar-refractivity contribution in [3.8, 4) is 5.75 Å². The molecule has 88 valence electrons. The maximum Gasteiger partial charge on any atom is 0.119 e. The van der Waals surface area contributed by atoms with Gasteiger partial charge in [0.1, 0.15) is 5.75 Å². The number of hydrogen-bond acceptors (Lipinski definition) is 1. The number of rotatable bonds is 3. The van der Waals surface area contributed by atoms with Crippen LogP contribution in [0.5, 0.6) is 5.75 Å². The SMILES string of the molecule is COc1ccc(Br)c(CC2CCC(Br)C2)c1. The number of alkyl halides is 1. The largest absolute Gasteiger partial charge is 0.497 e. The minimum atomic E-state index is 0.724. The molecule has 1 nitrogen and oxygen atoms in total. The second kappa shape index (κ2) is 5.54. The van der Waals surface area contributed by atoms with E-state index in [4.69, 9.17) is 4.74 Å². The average Bonchev–Trinajstić information content (AvgIpc) is 2.67. The first kappa shape index (κ1) is 12.4. The van der Waals surface area contributed by atoms with Crippen LogP contribution in [0.1, 0.15) is 24.8 Å². The Balaban J connectivity index is 2.08. The quantitative estimate of drug-likeness (QED) is 0.728. The first-order valence-electron chi connectivity index (χ1n) is 5.65. The van der Waals surface area contributed by atoms with Gasteiger partial charge in [-0.3, -0.25) is 0 Å². The van der Waals surface area contributed by atoms with Crippen LogP contribution in [0.3, 0.4) is 0 Å². The fraction of sp³-hybridized carbons (Fsp3) is 0.538. The number of hydrogen-bond donors (Lipinski definition) is 0. The van der Waals surface area contributed by atoms with Gasteiger partial charge in [0.2, 0.25) is 0 Å². The molecule has 1 aromatic carbocycles. The first-order valence-corrected chi connectivity index (χ1v) is 7.36. The summed E-state index contributed by atoms with van der Waals surface area (Å²) in [4.78, 5) is 0.724. The Kier molecular flexibility index (Phi) is 4.31. The molecule has 1 fully saturated rings. The molecule has 0 aromatic heterocycles. The third kappa shape index (κ3) is 3.01. The van der Waals surface area contributed by atoms with Crippen molar-refractivity contribution in [3.05, 3.63) is 28.2 Å². The molecule has 0 saturated heterocycles. The Labute approximate surface area is 114 Å². The number of benzene rings is 1. The zero-order valence-electron chi connectivity index (χ0n) is 9.38. The molecule has 0 amide bonds. The second-order valence-corrected chi connectivity index (χ2v) is 6.59. The summed E-state index contributed by atoms with van der Waals surface area (Å²) >= 11 is 7.32. The van der Waals surface area contributed by atoms with Gasteiger partial charge in [-0.15, -0.1) is 0 Å². The van der Waals surface area contributed by atoms with E-state index < -0.39 is 0 Å². The Bertz CT molecular complexity index is 365. The van der Waals surface area contributed by atoms with Gasteiger partial charge in [-0.05, 0) is 55.4 Å². The van der Waals surface area contributed by atoms with Gasteiger partial charge in [0.25, 0.3) is 0 Å². The van der Waals surface area contributed by atoms with Gasteiger partial charge in [0, 0.05) is 9.30 Å². The molecule has 0 bridgehead atoms. The van der Waals surface area contributed by atoms with E-state index in [1.165, 1.54) is 29.3 Å². The molecule has 3 heteroatoms. The second-order valence-electron chi connectivity index (χ2n) is 4.44. The van der Waals surface area contributed by atoms with Crippen LogP contribution in [0, 0.1) is 5.92 Å². The smallest absolute Gasteiger partial charge is 0.119 e. The zero-order chi connectivity index (χ0) is 11.5. The highest BCUT2D eigenvalue weighted by atomic mass is 79.9. The molecule has 0 radical (unpaired) electrons. The van der Waals surface area contributed by atoms with Gasteiger partial charge in [0.15, 0.2) is 0 Å². The number of halogens is 2. The normalized spacial score (nSPS) is 24.7. The predicted octanol–water partition coefficient (Wildman–Crippen LogP) is 4.56. The standard InChI is InChI=1S/C13H16Br2O/c1-16-12-4-5-13(15)10(8-12)6-9-2-3-11(14)7-9/h4-5,8-9,11H,2-3,6-7H2,1H3. The molecule has 2 rings (SSSR count). The van der Waals surface area contributed by atoms with Gasteiger partial charge >= 0.3 is 0 Å². The van der Waals surface area contributed by atoms with E-state index in [2.05, 4.69) is 44.0 Å². The summed E-state index contributed by atoms with van der Waals surface area (Å²) in [6, 6.07) is 6.22. The van der Waals surface area contributed by atoms with Crippen LogP contribution in [0.25, 0.3) is 0 Å². The summed E-state index contributed by atoms with van der Waals surface area (Å²) in [7, 11) is 1.72. The number of ether oxygens (including phenoxy) is 1. The van der Waals surface area contributed by atoms with Crippen molar-refractivity contribution in [2.24, 2.45) is 5.92 Å². The highest BCUT2D eigenvalue weighted by Gasteiger charge is 2.23. The molecule has 1 aliphatic carbocycles. The van der Waals surface area contributed by atoms with E-state index in [0.717, 1.165) is 22.9 Å². The van der Waals surface area contributed by atoms with Crippen LogP contribution in [0.2, 0.25) is 0 Å². The van der Waals surface area contributed by atoms with Gasteiger partial charge in [-0.25, -0.2) is 0 Å². The highest BCUT2D eigenvalue weighted by molar-refractivity contribution is 9.10. The van der Waals surface area contributed by atoms with Crippen molar-refractivity contribution in [1.29, 1.82) is 0 Å². The van der Waals surface area contributed by atoms with Gasteiger partial charge < -0.3 is 4.74 Å². The maximum atomic E-state index is 5.27. The van der Waals surface area contributed by atoms with Crippen LogP contribution in [0.4, 0.5) is 0 Å². The molecule has 1 aromatic rings. The van der Waals surface area contributed by atoms with E-state index >= 15 is 0 Å². The third-order valence-electron chi connectivity index (χ3n) is 3.24. The van der Waals surface area contributed by atoms with Crippen LogP contribution in [0.15, 0.2) is 22.7 Å². The van der Waals surface area contributed by atoms with E-state index in [1.54, 1.807) is 7.11 Å². The molecule has 0 heterocycles. The predicted molar refractivity (Wildman–Crippen MR) is 74.5 cm³/mol. The molecular weight excluding hydrogens is 332 g/mol. The zero-order valence-corrected chi connectivity index (χ0v) is 12.6. The van der Waals surface area contributed by atoms with Crippen molar-refractivity contribution < 1.29 is 4.74 Å². The molecule has 0 spiro atoms. The molecule has 0 N–H and O–H groups in total. The fourth-order valence-electron chi connectivity index (χ4n) is 2.34.